The summed E-state index contributed by atoms with van der Waals surface area (Å²) in [5.74, 6) is 0.0837. The molecular weight excluding hydrogens is 372 g/mol. The standard InChI is InChI=1S/C18H22N2O4S2/c1-13-6-7-15(24-2)14(12-13)19-18(21)17-16(8-11-25-17)26(22,23)20-9-4-3-5-10-20/h6-8,11-12H,3-5,9-10H2,1-2H3,(H,19,21). The van der Waals surface area contributed by atoms with Crippen molar-refractivity contribution in [1.29, 1.82) is 0 Å². The molecule has 1 N–H and O–H groups in total. The van der Waals surface area contributed by atoms with E-state index in [1.54, 1.807) is 17.5 Å². The predicted octanol–water partition coefficient (Wildman–Crippen LogP) is 3.49. The number of thiophene rings is 1. The SMILES string of the molecule is COc1ccc(C)cc1NC(=O)c1sccc1S(=O)(=O)N1CCCCC1. The fourth-order valence-electron chi connectivity index (χ4n) is 3.01. The highest BCUT2D eigenvalue weighted by Gasteiger charge is 2.31. The highest BCUT2D eigenvalue weighted by molar-refractivity contribution is 7.89. The van der Waals surface area contributed by atoms with E-state index in [2.05, 4.69) is 5.32 Å². The maximum Gasteiger partial charge on any atom is 0.267 e. The van der Waals surface area contributed by atoms with Gasteiger partial charge in [-0.15, -0.1) is 11.3 Å². The summed E-state index contributed by atoms with van der Waals surface area (Å²) in [7, 11) is -2.13. The maximum atomic E-state index is 12.9. The Morgan fingerprint density at radius 2 is 1.92 bits per heavy atom. The van der Waals surface area contributed by atoms with Gasteiger partial charge in [-0.05, 0) is 48.9 Å². The Hall–Kier alpha value is -1.90. The molecule has 1 saturated heterocycles. The van der Waals surface area contributed by atoms with Crippen LogP contribution in [0.4, 0.5) is 5.69 Å². The van der Waals surface area contributed by atoms with Gasteiger partial charge in [0.25, 0.3) is 5.91 Å². The molecule has 1 fully saturated rings. The number of aryl methyl sites for hydroxylation is 1. The number of piperidine rings is 1. The predicted molar refractivity (Wildman–Crippen MR) is 103 cm³/mol. The van der Waals surface area contributed by atoms with Crippen LogP contribution in [0, 0.1) is 6.92 Å². The topological polar surface area (TPSA) is 75.7 Å². The molecule has 0 atom stereocenters. The zero-order valence-electron chi connectivity index (χ0n) is 14.8. The van der Waals surface area contributed by atoms with Crippen molar-refractivity contribution in [3.63, 3.8) is 0 Å². The monoisotopic (exact) mass is 394 g/mol. The second-order valence-electron chi connectivity index (χ2n) is 6.24. The molecule has 1 amide bonds. The van der Waals surface area contributed by atoms with E-state index in [9.17, 15) is 13.2 Å². The van der Waals surface area contributed by atoms with E-state index in [1.165, 1.54) is 17.5 Å². The van der Waals surface area contributed by atoms with Crippen LogP contribution in [0.5, 0.6) is 5.75 Å². The number of ether oxygens (including phenoxy) is 1. The fraction of sp³-hybridized carbons (Fsp3) is 0.389. The molecule has 2 heterocycles. The number of carbonyl (C=O) groups excluding carboxylic acids is 1. The Morgan fingerprint density at radius 3 is 2.62 bits per heavy atom. The minimum absolute atomic E-state index is 0.0773. The van der Waals surface area contributed by atoms with E-state index in [0.717, 1.165) is 36.2 Å². The van der Waals surface area contributed by atoms with E-state index >= 15 is 0 Å². The highest BCUT2D eigenvalue weighted by atomic mass is 32.2. The Labute approximate surface area is 157 Å². The maximum absolute atomic E-state index is 12.9. The van der Waals surface area contributed by atoms with Crippen LogP contribution in [0.15, 0.2) is 34.5 Å². The molecule has 0 aliphatic carbocycles. The molecule has 6 nitrogen and oxygen atoms in total. The van der Waals surface area contributed by atoms with Crippen molar-refractivity contribution in [3.05, 3.63) is 40.1 Å². The van der Waals surface area contributed by atoms with Crippen molar-refractivity contribution in [2.75, 3.05) is 25.5 Å². The van der Waals surface area contributed by atoms with Crippen LogP contribution in [0.25, 0.3) is 0 Å². The minimum atomic E-state index is -3.66. The number of rotatable bonds is 5. The van der Waals surface area contributed by atoms with Crippen LogP contribution in [-0.2, 0) is 10.0 Å². The largest absolute Gasteiger partial charge is 0.495 e. The van der Waals surface area contributed by atoms with Crippen LogP contribution in [-0.4, -0.2) is 38.8 Å². The number of amides is 1. The first-order valence-corrected chi connectivity index (χ1v) is 10.8. The molecule has 26 heavy (non-hydrogen) atoms. The van der Waals surface area contributed by atoms with Gasteiger partial charge in [0.1, 0.15) is 15.5 Å². The molecule has 2 aromatic rings. The van der Waals surface area contributed by atoms with Gasteiger partial charge in [-0.3, -0.25) is 4.79 Å². The van der Waals surface area contributed by atoms with E-state index in [-0.39, 0.29) is 9.77 Å². The third-order valence-corrected chi connectivity index (χ3v) is 7.35. The van der Waals surface area contributed by atoms with Gasteiger partial charge in [0.15, 0.2) is 0 Å². The third kappa shape index (κ3) is 3.77. The van der Waals surface area contributed by atoms with Gasteiger partial charge in [0.05, 0.1) is 12.8 Å². The number of hydrogen-bond donors (Lipinski definition) is 1. The van der Waals surface area contributed by atoms with Gasteiger partial charge >= 0.3 is 0 Å². The lowest BCUT2D eigenvalue weighted by Crippen LogP contribution is -2.36. The second-order valence-corrected chi connectivity index (χ2v) is 9.06. The van der Waals surface area contributed by atoms with Crippen molar-refractivity contribution in [2.24, 2.45) is 0 Å². The quantitative estimate of drug-likeness (QED) is 0.842. The summed E-state index contributed by atoms with van der Waals surface area (Å²) in [5.41, 5.74) is 1.49. The number of anilines is 1. The molecule has 0 bridgehead atoms. The molecule has 0 spiro atoms. The zero-order valence-corrected chi connectivity index (χ0v) is 16.5. The average Bonchev–Trinajstić information content (AvgIpc) is 3.13. The summed E-state index contributed by atoms with van der Waals surface area (Å²) in [6.45, 7) is 2.92. The Balaban J connectivity index is 1.88. The lowest BCUT2D eigenvalue weighted by Gasteiger charge is -2.25. The van der Waals surface area contributed by atoms with E-state index in [0.29, 0.717) is 24.5 Å². The van der Waals surface area contributed by atoms with E-state index in [4.69, 9.17) is 4.74 Å². The molecule has 1 aliphatic rings. The van der Waals surface area contributed by atoms with E-state index < -0.39 is 15.9 Å². The Kier molecular flexibility index (Phi) is 5.64. The first-order valence-electron chi connectivity index (χ1n) is 8.47. The third-order valence-electron chi connectivity index (χ3n) is 4.37. The highest BCUT2D eigenvalue weighted by Crippen LogP contribution is 2.30. The van der Waals surface area contributed by atoms with Gasteiger partial charge in [0, 0.05) is 13.1 Å². The van der Waals surface area contributed by atoms with Gasteiger partial charge in [-0.2, -0.15) is 4.31 Å². The van der Waals surface area contributed by atoms with Crippen molar-refractivity contribution in [1.82, 2.24) is 4.31 Å². The minimum Gasteiger partial charge on any atom is -0.495 e. The summed E-state index contributed by atoms with van der Waals surface area (Å²) >= 11 is 1.13. The van der Waals surface area contributed by atoms with Gasteiger partial charge < -0.3 is 10.1 Å². The summed E-state index contributed by atoms with van der Waals surface area (Å²) in [5, 5.41) is 4.42. The lowest BCUT2D eigenvalue weighted by atomic mass is 10.2. The molecule has 1 aromatic heterocycles. The van der Waals surface area contributed by atoms with Crippen LogP contribution in [0.3, 0.4) is 0 Å². The first kappa shape index (κ1) is 18.9. The number of nitrogens with zero attached hydrogens (tertiary/aromatic N) is 1. The molecule has 0 radical (unpaired) electrons. The molecule has 0 saturated carbocycles. The van der Waals surface area contributed by atoms with Gasteiger partial charge in [-0.25, -0.2) is 8.42 Å². The number of benzene rings is 1. The van der Waals surface area contributed by atoms with Crippen LogP contribution in [0.1, 0.15) is 34.5 Å². The lowest BCUT2D eigenvalue weighted by molar-refractivity contribution is 0.102. The molecule has 1 aromatic carbocycles. The number of nitrogens with one attached hydrogen (secondary N) is 1. The zero-order chi connectivity index (χ0) is 18.7. The second kappa shape index (κ2) is 7.77. The van der Waals surface area contributed by atoms with Gasteiger partial charge in [-0.1, -0.05) is 12.5 Å². The summed E-state index contributed by atoms with van der Waals surface area (Å²) < 4.78 is 32.6. The summed E-state index contributed by atoms with van der Waals surface area (Å²) in [6.07, 6.45) is 2.74. The molecule has 1 aliphatic heterocycles. The van der Waals surface area contributed by atoms with Crippen molar-refractivity contribution in [3.8, 4) is 5.75 Å². The molecular formula is C18H22N2O4S2. The van der Waals surface area contributed by atoms with Crippen molar-refractivity contribution < 1.29 is 17.9 Å². The first-order chi connectivity index (χ1) is 12.4. The molecule has 8 heteroatoms. The van der Waals surface area contributed by atoms with Crippen LogP contribution in [0.2, 0.25) is 0 Å². The van der Waals surface area contributed by atoms with Crippen LogP contribution >= 0.6 is 11.3 Å². The van der Waals surface area contributed by atoms with Crippen LogP contribution < -0.4 is 10.1 Å². The number of hydrogen-bond acceptors (Lipinski definition) is 5. The normalized spacial score (nSPS) is 15.6. The smallest absolute Gasteiger partial charge is 0.267 e. The molecule has 140 valence electrons. The number of carbonyl (C=O) groups is 1. The molecule has 0 unspecified atom stereocenters. The Morgan fingerprint density at radius 1 is 1.19 bits per heavy atom. The van der Waals surface area contributed by atoms with Gasteiger partial charge in [0.2, 0.25) is 10.0 Å². The Bertz CT molecular complexity index is 900. The summed E-state index contributed by atoms with van der Waals surface area (Å²) in [6, 6.07) is 6.96. The van der Waals surface area contributed by atoms with Crippen molar-refractivity contribution >= 4 is 33.0 Å². The molecule has 3 rings (SSSR count). The summed E-state index contributed by atoms with van der Waals surface area (Å²) in [4.78, 5) is 13.0. The number of methoxy groups -OCH3 is 1. The fourth-order valence-corrected chi connectivity index (χ4v) is 5.82. The van der Waals surface area contributed by atoms with E-state index in [1.807, 2.05) is 13.0 Å². The van der Waals surface area contributed by atoms with Crippen molar-refractivity contribution in [2.45, 2.75) is 31.1 Å². The number of sulfonamides is 1. The average molecular weight is 395 g/mol.